The molecule has 0 bridgehead atoms. The van der Waals surface area contributed by atoms with Gasteiger partial charge in [-0.25, -0.2) is 9.97 Å². The largest absolute Gasteiger partial charge is 0.366 e. The Kier molecular flexibility index (Phi) is 2.63. The van der Waals surface area contributed by atoms with Crippen LogP contribution in [-0.4, -0.2) is 22.6 Å². The molecule has 76 valence electrons. The van der Waals surface area contributed by atoms with Crippen LogP contribution in [0.25, 0.3) is 0 Å². The smallest absolute Gasteiger partial charge is 0.129 e. The van der Waals surface area contributed by atoms with Gasteiger partial charge in [-0.3, -0.25) is 0 Å². The average Bonchev–Trinajstić information content (AvgIpc) is 2.97. The Hall–Kier alpha value is -1.16. The van der Waals surface area contributed by atoms with Crippen molar-refractivity contribution in [1.29, 1.82) is 0 Å². The molecule has 2 rings (SSSR count). The third kappa shape index (κ3) is 2.20. The van der Waals surface area contributed by atoms with Gasteiger partial charge in [0.25, 0.3) is 0 Å². The lowest BCUT2D eigenvalue weighted by Crippen LogP contribution is -2.31. The zero-order valence-corrected chi connectivity index (χ0v) is 8.40. The standard InChI is InChI=1S/C10H16N4/c1-7-4-10(13-6-12-7)14-9(5-11)8-2-3-8/h4,6,8-9H,2-3,5,11H2,1H3,(H,12,13,14). The molecule has 0 saturated heterocycles. The van der Waals surface area contributed by atoms with E-state index in [0.29, 0.717) is 12.6 Å². The van der Waals surface area contributed by atoms with Crippen molar-refractivity contribution in [1.82, 2.24) is 9.97 Å². The maximum atomic E-state index is 5.69. The summed E-state index contributed by atoms with van der Waals surface area (Å²) in [5.41, 5.74) is 6.67. The molecule has 0 radical (unpaired) electrons. The minimum atomic E-state index is 0.379. The van der Waals surface area contributed by atoms with Crippen molar-refractivity contribution in [3.8, 4) is 0 Å². The Morgan fingerprint density at radius 2 is 2.36 bits per heavy atom. The number of nitrogens with zero attached hydrogens (tertiary/aromatic N) is 2. The van der Waals surface area contributed by atoms with Crippen LogP contribution in [0.15, 0.2) is 12.4 Å². The van der Waals surface area contributed by atoms with Gasteiger partial charge in [-0.1, -0.05) is 0 Å². The third-order valence-electron chi connectivity index (χ3n) is 2.58. The van der Waals surface area contributed by atoms with E-state index in [4.69, 9.17) is 5.73 Å². The van der Waals surface area contributed by atoms with Crippen LogP contribution in [0.1, 0.15) is 18.5 Å². The van der Waals surface area contributed by atoms with Gasteiger partial charge >= 0.3 is 0 Å². The quantitative estimate of drug-likeness (QED) is 0.745. The lowest BCUT2D eigenvalue weighted by Gasteiger charge is -2.16. The summed E-state index contributed by atoms with van der Waals surface area (Å²) in [5, 5.41) is 3.36. The minimum Gasteiger partial charge on any atom is -0.366 e. The maximum Gasteiger partial charge on any atom is 0.129 e. The molecule has 1 aromatic rings. The Morgan fingerprint density at radius 3 is 2.93 bits per heavy atom. The van der Waals surface area contributed by atoms with Crippen molar-refractivity contribution >= 4 is 5.82 Å². The van der Waals surface area contributed by atoms with Crippen molar-refractivity contribution in [2.75, 3.05) is 11.9 Å². The molecule has 1 aliphatic carbocycles. The topological polar surface area (TPSA) is 63.8 Å². The van der Waals surface area contributed by atoms with Crippen LogP contribution >= 0.6 is 0 Å². The highest BCUT2D eigenvalue weighted by Crippen LogP contribution is 2.33. The normalized spacial score (nSPS) is 17.9. The summed E-state index contributed by atoms with van der Waals surface area (Å²) >= 11 is 0. The molecule has 3 N–H and O–H groups in total. The van der Waals surface area contributed by atoms with Crippen molar-refractivity contribution in [2.24, 2.45) is 11.7 Å². The molecule has 14 heavy (non-hydrogen) atoms. The van der Waals surface area contributed by atoms with E-state index in [1.165, 1.54) is 12.8 Å². The average molecular weight is 192 g/mol. The fourth-order valence-electron chi connectivity index (χ4n) is 1.59. The first-order valence-electron chi connectivity index (χ1n) is 5.05. The molecule has 1 saturated carbocycles. The van der Waals surface area contributed by atoms with E-state index in [1.54, 1.807) is 6.33 Å². The molecule has 4 nitrogen and oxygen atoms in total. The number of rotatable bonds is 4. The highest BCUT2D eigenvalue weighted by molar-refractivity contribution is 5.36. The van der Waals surface area contributed by atoms with E-state index in [9.17, 15) is 0 Å². The zero-order valence-electron chi connectivity index (χ0n) is 8.40. The Bertz CT molecular complexity index is 309. The summed E-state index contributed by atoms with van der Waals surface area (Å²) in [4.78, 5) is 8.21. The lowest BCUT2D eigenvalue weighted by atomic mass is 10.2. The van der Waals surface area contributed by atoms with Crippen molar-refractivity contribution < 1.29 is 0 Å². The molecule has 1 fully saturated rings. The van der Waals surface area contributed by atoms with Gasteiger partial charge in [-0.15, -0.1) is 0 Å². The first-order valence-corrected chi connectivity index (χ1v) is 5.05. The summed E-state index contributed by atoms with van der Waals surface area (Å²) in [6.07, 6.45) is 4.16. The molecule has 0 spiro atoms. The van der Waals surface area contributed by atoms with Crippen molar-refractivity contribution in [3.05, 3.63) is 18.1 Å². The third-order valence-corrected chi connectivity index (χ3v) is 2.58. The molecule has 0 aromatic carbocycles. The van der Waals surface area contributed by atoms with Crippen LogP contribution in [0.4, 0.5) is 5.82 Å². The van der Waals surface area contributed by atoms with Gasteiger partial charge in [0.05, 0.1) is 0 Å². The van der Waals surface area contributed by atoms with E-state index in [-0.39, 0.29) is 0 Å². The van der Waals surface area contributed by atoms with Gasteiger partial charge in [0.15, 0.2) is 0 Å². The van der Waals surface area contributed by atoms with E-state index >= 15 is 0 Å². The van der Waals surface area contributed by atoms with Crippen LogP contribution < -0.4 is 11.1 Å². The summed E-state index contributed by atoms with van der Waals surface area (Å²) in [6, 6.07) is 2.33. The van der Waals surface area contributed by atoms with Crippen molar-refractivity contribution in [3.63, 3.8) is 0 Å². The number of nitrogens with one attached hydrogen (secondary N) is 1. The first kappa shape index (κ1) is 9.40. The second kappa shape index (κ2) is 3.92. The molecule has 0 aliphatic heterocycles. The Balaban J connectivity index is 2.01. The maximum absolute atomic E-state index is 5.69. The predicted molar refractivity (Wildman–Crippen MR) is 56.0 cm³/mol. The van der Waals surface area contributed by atoms with E-state index in [0.717, 1.165) is 17.4 Å². The Labute approximate surface area is 83.9 Å². The number of hydrogen-bond donors (Lipinski definition) is 2. The second-order valence-corrected chi connectivity index (χ2v) is 3.87. The fraction of sp³-hybridized carbons (Fsp3) is 0.600. The SMILES string of the molecule is Cc1cc(NC(CN)C2CC2)ncn1. The van der Waals surface area contributed by atoms with Gasteiger partial charge < -0.3 is 11.1 Å². The van der Waals surface area contributed by atoms with E-state index < -0.39 is 0 Å². The number of hydrogen-bond acceptors (Lipinski definition) is 4. The molecule has 4 heteroatoms. The highest BCUT2D eigenvalue weighted by atomic mass is 15.1. The predicted octanol–water partition coefficient (Wildman–Crippen LogP) is 0.934. The summed E-state index contributed by atoms with van der Waals surface area (Å²) in [7, 11) is 0. The van der Waals surface area contributed by atoms with Gasteiger partial charge in [-0.2, -0.15) is 0 Å². The number of aromatic nitrogens is 2. The highest BCUT2D eigenvalue weighted by Gasteiger charge is 2.30. The van der Waals surface area contributed by atoms with Crippen LogP contribution in [0.2, 0.25) is 0 Å². The Morgan fingerprint density at radius 1 is 1.57 bits per heavy atom. The zero-order chi connectivity index (χ0) is 9.97. The van der Waals surface area contributed by atoms with E-state index in [1.807, 2.05) is 13.0 Å². The summed E-state index contributed by atoms with van der Waals surface area (Å²) < 4.78 is 0. The van der Waals surface area contributed by atoms with E-state index in [2.05, 4.69) is 15.3 Å². The molecule has 1 atom stereocenters. The molecule has 1 aliphatic rings. The van der Waals surface area contributed by atoms with Crippen LogP contribution in [0, 0.1) is 12.8 Å². The first-order chi connectivity index (χ1) is 6.79. The number of nitrogens with two attached hydrogens (primary N) is 1. The summed E-state index contributed by atoms with van der Waals surface area (Å²) in [6.45, 7) is 2.63. The van der Waals surface area contributed by atoms with Gasteiger partial charge in [0, 0.05) is 24.3 Å². The lowest BCUT2D eigenvalue weighted by molar-refractivity contribution is 0.642. The summed E-state index contributed by atoms with van der Waals surface area (Å²) in [5.74, 6) is 1.63. The number of aryl methyl sites for hydroxylation is 1. The molecule has 1 unspecified atom stereocenters. The van der Waals surface area contributed by atoms with Gasteiger partial charge in [0.1, 0.15) is 12.1 Å². The second-order valence-electron chi connectivity index (χ2n) is 3.87. The molecular weight excluding hydrogens is 176 g/mol. The fourth-order valence-corrected chi connectivity index (χ4v) is 1.59. The van der Waals surface area contributed by atoms with Gasteiger partial charge in [0.2, 0.25) is 0 Å². The van der Waals surface area contributed by atoms with Crippen LogP contribution in [0.3, 0.4) is 0 Å². The molecule has 0 amide bonds. The monoisotopic (exact) mass is 192 g/mol. The van der Waals surface area contributed by atoms with Crippen LogP contribution in [0.5, 0.6) is 0 Å². The van der Waals surface area contributed by atoms with Crippen molar-refractivity contribution in [2.45, 2.75) is 25.8 Å². The number of anilines is 1. The minimum absolute atomic E-state index is 0.379. The van der Waals surface area contributed by atoms with Crippen LogP contribution in [-0.2, 0) is 0 Å². The van der Waals surface area contributed by atoms with Gasteiger partial charge in [-0.05, 0) is 25.7 Å². The molecule has 1 heterocycles. The molecule has 1 aromatic heterocycles. The molecular formula is C10H16N4.